The molecule has 0 fully saturated rings. The van der Waals surface area contributed by atoms with Gasteiger partial charge in [0.1, 0.15) is 11.4 Å². The molecule has 0 spiro atoms. The second kappa shape index (κ2) is 8.75. The molecule has 0 saturated heterocycles. The molecule has 6 heteroatoms. The van der Waals surface area contributed by atoms with Crippen LogP contribution in [0.4, 0.5) is 0 Å². The number of rotatable bonds is 6. The molecule has 6 nitrogen and oxygen atoms in total. The van der Waals surface area contributed by atoms with E-state index in [9.17, 15) is 0 Å². The smallest absolute Gasteiger partial charge is 0.111 e. The van der Waals surface area contributed by atoms with E-state index in [2.05, 4.69) is 46.4 Å². The van der Waals surface area contributed by atoms with Crippen LogP contribution in [-0.4, -0.2) is 29.5 Å². The number of pyridine rings is 2. The normalized spacial score (nSPS) is 11.2. The van der Waals surface area contributed by atoms with Crippen LogP contribution >= 0.6 is 0 Å². The predicted octanol–water partition coefficient (Wildman–Crippen LogP) is 5.45. The fraction of sp³-hybridized carbons (Fsp3) is 0.0714. The van der Waals surface area contributed by atoms with E-state index >= 15 is 0 Å². The molecule has 0 N–H and O–H groups in total. The minimum atomic E-state index is 0.680. The van der Waals surface area contributed by atoms with E-state index in [0.717, 1.165) is 22.8 Å². The molecule has 0 radical (unpaired) electrons. The standard InChI is InChI=1S/C28H22N6/c1-3-15-29-24(11-1)26-13-17-33(31-26)19-22-9-5-7-21-8-6-10-23(28(21)22)20-34-18-14-27(32-34)25-12-2-4-16-30-25/h1-18H,19-20H2. The minimum absolute atomic E-state index is 0.680. The topological polar surface area (TPSA) is 61.4 Å². The molecule has 6 aromatic rings. The van der Waals surface area contributed by atoms with Gasteiger partial charge in [-0.1, -0.05) is 48.5 Å². The summed E-state index contributed by atoms with van der Waals surface area (Å²) in [6, 6.07) is 28.7. The predicted molar refractivity (Wildman–Crippen MR) is 133 cm³/mol. The number of hydrogen-bond acceptors (Lipinski definition) is 4. The average Bonchev–Trinajstić information content (AvgIpc) is 3.55. The molecule has 0 amide bonds. The number of aromatic nitrogens is 6. The van der Waals surface area contributed by atoms with Gasteiger partial charge in [0, 0.05) is 24.8 Å². The van der Waals surface area contributed by atoms with Gasteiger partial charge in [-0.2, -0.15) is 10.2 Å². The van der Waals surface area contributed by atoms with E-state index in [0.29, 0.717) is 13.1 Å². The zero-order chi connectivity index (χ0) is 22.7. The third kappa shape index (κ3) is 3.97. The van der Waals surface area contributed by atoms with Gasteiger partial charge in [-0.25, -0.2) is 0 Å². The van der Waals surface area contributed by atoms with Gasteiger partial charge in [0.05, 0.1) is 24.5 Å². The van der Waals surface area contributed by atoms with Crippen LogP contribution in [0, 0.1) is 0 Å². The van der Waals surface area contributed by atoms with Gasteiger partial charge >= 0.3 is 0 Å². The molecule has 0 aliphatic carbocycles. The molecule has 0 unspecified atom stereocenters. The van der Waals surface area contributed by atoms with Gasteiger partial charge in [0.15, 0.2) is 0 Å². The molecule has 0 saturated carbocycles. The summed E-state index contributed by atoms with van der Waals surface area (Å²) < 4.78 is 3.95. The van der Waals surface area contributed by atoms with E-state index in [4.69, 9.17) is 10.2 Å². The maximum absolute atomic E-state index is 4.76. The van der Waals surface area contributed by atoms with Crippen LogP contribution in [0.25, 0.3) is 33.5 Å². The van der Waals surface area contributed by atoms with Gasteiger partial charge in [-0.3, -0.25) is 19.3 Å². The van der Waals surface area contributed by atoms with Crippen LogP contribution in [0.1, 0.15) is 11.1 Å². The van der Waals surface area contributed by atoms with Crippen molar-refractivity contribution in [1.82, 2.24) is 29.5 Å². The molecule has 2 aromatic carbocycles. The summed E-state index contributed by atoms with van der Waals surface area (Å²) in [5, 5.41) is 12.0. The van der Waals surface area contributed by atoms with Gasteiger partial charge in [0.25, 0.3) is 0 Å². The highest BCUT2D eigenvalue weighted by molar-refractivity contribution is 5.89. The Morgan fingerprint density at radius 2 is 1.03 bits per heavy atom. The van der Waals surface area contributed by atoms with Crippen LogP contribution in [0.5, 0.6) is 0 Å². The summed E-state index contributed by atoms with van der Waals surface area (Å²) >= 11 is 0. The highest BCUT2D eigenvalue weighted by Gasteiger charge is 2.11. The molecule has 0 bridgehead atoms. The maximum atomic E-state index is 4.76. The first-order chi connectivity index (χ1) is 16.8. The van der Waals surface area contributed by atoms with Crippen molar-refractivity contribution in [3.63, 3.8) is 0 Å². The van der Waals surface area contributed by atoms with Crippen molar-refractivity contribution in [1.29, 1.82) is 0 Å². The van der Waals surface area contributed by atoms with Crippen molar-refractivity contribution in [2.75, 3.05) is 0 Å². The lowest BCUT2D eigenvalue weighted by atomic mass is 9.99. The van der Waals surface area contributed by atoms with Crippen molar-refractivity contribution < 1.29 is 0 Å². The number of benzene rings is 2. The molecule has 0 aliphatic rings. The number of hydrogen-bond donors (Lipinski definition) is 0. The fourth-order valence-electron chi connectivity index (χ4n) is 4.32. The Bertz CT molecular complexity index is 1440. The lowest BCUT2D eigenvalue weighted by Gasteiger charge is -2.12. The molecule has 4 heterocycles. The highest BCUT2D eigenvalue weighted by Crippen LogP contribution is 2.26. The van der Waals surface area contributed by atoms with Crippen molar-refractivity contribution in [3.8, 4) is 22.8 Å². The Morgan fingerprint density at radius 3 is 1.50 bits per heavy atom. The Balaban J connectivity index is 1.32. The quantitative estimate of drug-likeness (QED) is 0.344. The lowest BCUT2D eigenvalue weighted by molar-refractivity contribution is 0.683. The Morgan fingerprint density at radius 1 is 0.500 bits per heavy atom. The Labute approximate surface area is 197 Å². The first-order valence-electron chi connectivity index (χ1n) is 11.2. The summed E-state index contributed by atoms with van der Waals surface area (Å²) in [4.78, 5) is 8.83. The summed E-state index contributed by atoms with van der Waals surface area (Å²) in [7, 11) is 0. The zero-order valence-electron chi connectivity index (χ0n) is 18.5. The number of fused-ring (bicyclic) bond motifs is 1. The van der Waals surface area contributed by atoms with Crippen LogP contribution in [0.15, 0.2) is 110 Å². The monoisotopic (exact) mass is 442 g/mol. The van der Waals surface area contributed by atoms with Gasteiger partial charge in [-0.15, -0.1) is 0 Å². The van der Waals surface area contributed by atoms with Gasteiger partial charge in [-0.05, 0) is 58.3 Å². The Hall–Kier alpha value is -4.58. The third-order valence-corrected chi connectivity index (χ3v) is 5.88. The largest absolute Gasteiger partial charge is 0.268 e. The third-order valence-electron chi connectivity index (χ3n) is 5.88. The first-order valence-corrected chi connectivity index (χ1v) is 11.2. The van der Waals surface area contributed by atoms with E-state index in [1.165, 1.54) is 21.9 Å². The van der Waals surface area contributed by atoms with Crippen molar-refractivity contribution in [2.45, 2.75) is 13.1 Å². The molecule has 6 rings (SSSR count). The molecular weight excluding hydrogens is 420 g/mol. The van der Waals surface area contributed by atoms with E-state index in [1.54, 1.807) is 12.4 Å². The lowest BCUT2D eigenvalue weighted by Crippen LogP contribution is -2.05. The summed E-state index contributed by atoms with van der Waals surface area (Å²) in [6.45, 7) is 1.36. The molecule has 4 aromatic heterocycles. The zero-order valence-corrected chi connectivity index (χ0v) is 18.5. The van der Waals surface area contributed by atoms with E-state index < -0.39 is 0 Å². The van der Waals surface area contributed by atoms with Crippen molar-refractivity contribution >= 4 is 10.8 Å². The van der Waals surface area contributed by atoms with Crippen LogP contribution in [0.3, 0.4) is 0 Å². The maximum Gasteiger partial charge on any atom is 0.111 e. The van der Waals surface area contributed by atoms with Gasteiger partial charge in [0.2, 0.25) is 0 Å². The summed E-state index contributed by atoms with van der Waals surface area (Å²) in [6.07, 6.45) is 7.61. The Kier molecular flexibility index (Phi) is 5.16. The summed E-state index contributed by atoms with van der Waals surface area (Å²) in [5.74, 6) is 0. The minimum Gasteiger partial charge on any atom is -0.268 e. The second-order valence-corrected chi connectivity index (χ2v) is 8.16. The first kappa shape index (κ1) is 20.1. The average molecular weight is 443 g/mol. The fourth-order valence-corrected chi connectivity index (χ4v) is 4.32. The molecular formula is C28H22N6. The van der Waals surface area contributed by atoms with E-state index in [-0.39, 0.29) is 0 Å². The summed E-state index contributed by atoms with van der Waals surface area (Å²) in [5.41, 5.74) is 5.95. The van der Waals surface area contributed by atoms with Crippen molar-refractivity contribution in [2.24, 2.45) is 0 Å². The highest BCUT2D eigenvalue weighted by atomic mass is 15.3. The van der Waals surface area contributed by atoms with Crippen LogP contribution < -0.4 is 0 Å². The van der Waals surface area contributed by atoms with Crippen LogP contribution in [0.2, 0.25) is 0 Å². The van der Waals surface area contributed by atoms with Crippen molar-refractivity contribution in [3.05, 3.63) is 121 Å². The SMILES string of the molecule is c1ccc(-c2ccn(Cc3cccc4cccc(Cn5ccc(-c6ccccn6)n5)c34)n2)nc1. The molecule has 0 aliphatic heterocycles. The molecule has 34 heavy (non-hydrogen) atoms. The molecule has 0 atom stereocenters. The number of nitrogens with zero attached hydrogens (tertiary/aromatic N) is 6. The second-order valence-electron chi connectivity index (χ2n) is 8.16. The van der Waals surface area contributed by atoms with Gasteiger partial charge < -0.3 is 0 Å². The van der Waals surface area contributed by atoms with Crippen LogP contribution in [-0.2, 0) is 13.1 Å². The van der Waals surface area contributed by atoms with E-state index in [1.807, 2.05) is 70.3 Å². The molecule has 164 valence electrons.